The van der Waals surface area contributed by atoms with Gasteiger partial charge in [0.2, 0.25) is 0 Å². The van der Waals surface area contributed by atoms with E-state index in [0.29, 0.717) is 39.0 Å². The van der Waals surface area contributed by atoms with Crippen molar-refractivity contribution in [3.63, 3.8) is 0 Å². The molecule has 4 rings (SSSR count). The summed E-state index contributed by atoms with van der Waals surface area (Å²) >= 11 is 0. The lowest BCUT2D eigenvalue weighted by Crippen LogP contribution is -2.47. The lowest BCUT2D eigenvalue weighted by Gasteiger charge is -2.40. The Kier molecular flexibility index (Phi) is 6.04. The number of benzene rings is 2. The first-order chi connectivity index (χ1) is 14.5. The number of likely N-dealkylation sites (tertiary alicyclic amines) is 1. The largest absolute Gasteiger partial charge is 0.493 e. The lowest BCUT2D eigenvalue weighted by molar-refractivity contribution is -0.0819. The zero-order valence-corrected chi connectivity index (χ0v) is 17.7. The van der Waals surface area contributed by atoms with Crippen LogP contribution in [0.5, 0.6) is 5.75 Å². The number of aliphatic hydroxyl groups excluding tert-OH is 1. The molecule has 30 heavy (non-hydrogen) atoms. The minimum atomic E-state index is -0.900. The Balaban J connectivity index is 1.32. The van der Waals surface area contributed by atoms with Crippen LogP contribution in [0.15, 0.2) is 54.7 Å². The van der Waals surface area contributed by atoms with Gasteiger partial charge in [0.25, 0.3) is 0 Å². The van der Waals surface area contributed by atoms with Crippen molar-refractivity contribution in [3.05, 3.63) is 71.4 Å². The number of aromatic nitrogens is 1. The SMILES string of the molecule is Cc1cccc(OCCC(O)N2CCC(O)(c3cnc4ccccc4c3)CC2)c1C. The Morgan fingerprint density at radius 1 is 1.10 bits per heavy atom. The smallest absolute Gasteiger partial charge is 0.122 e. The van der Waals surface area contributed by atoms with E-state index in [4.69, 9.17) is 4.74 Å². The predicted molar refractivity (Wildman–Crippen MR) is 118 cm³/mol. The number of aryl methyl sites for hydroxylation is 1. The first-order valence-electron chi connectivity index (χ1n) is 10.6. The number of hydrogen-bond donors (Lipinski definition) is 2. The molecule has 2 heterocycles. The fraction of sp³-hybridized carbons (Fsp3) is 0.400. The van der Waals surface area contributed by atoms with E-state index in [1.54, 1.807) is 6.20 Å². The van der Waals surface area contributed by atoms with Gasteiger partial charge < -0.3 is 14.9 Å². The maximum atomic E-state index is 11.2. The van der Waals surface area contributed by atoms with Crippen LogP contribution in [0, 0.1) is 13.8 Å². The Labute approximate surface area is 177 Å². The van der Waals surface area contributed by atoms with Crippen LogP contribution in [-0.2, 0) is 5.60 Å². The number of pyridine rings is 1. The highest BCUT2D eigenvalue weighted by atomic mass is 16.5. The summed E-state index contributed by atoms with van der Waals surface area (Å²) in [5.74, 6) is 0.874. The van der Waals surface area contributed by atoms with Crippen LogP contribution in [-0.4, -0.2) is 46.0 Å². The van der Waals surface area contributed by atoms with Crippen LogP contribution in [0.25, 0.3) is 10.9 Å². The molecule has 158 valence electrons. The molecule has 1 aromatic heterocycles. The number of rotatable bonds is 6. The molecule has 2 aromatic carbocycles. The monoisotopic (exact) mass is 406 g/mol. The van der Waals surface area contributed by atoms with E-state index in [0.717, 1.165) is 27.8 Å². The summed E-state index contributed by atoms with van der Waals surface area (Å²) in [6.45, 7) is 5.84. The summed E-state index contributed by atoms with van der Waals surface area (Å²) in [4.78, 5) is 6.52. The highest BCUT2D eigenvalue weighted by Gasteiger charge is 2.36. The molecule has 1 atom stereocenters. The third-order valence-corrected chi connectivity index (χ3v) is 6.36. The molecule has 0 amide bonds. The van der Waals surface area contributed by atoms with Gasteiger partial charge in [0.15, 0.2) is 0 Å². The third-order valence-electron chi connectivity index (χ3n) is 6.36. The average Bonchev–Trinajstić information content (AvgIpc) is 2.76. The van der Waals surface area contributed by atoms with Gasteiger partial charge in [-0.2, -0.15) is 0 Å². The number of hydrogen-bond acceptors (Lipinski definition) is 5. The molecule has 3 aromatic rings. The van der Waals surface area contributed by atoms with Crippen molar-refractivity contribution in [2.45, 2.75) is 44.9 Å². The number of nitrogens with zero attached hydrogens (tertiary/aromatic N) is 2. The molecule has 1 saturated heterocycles. The van der Waals surface area contributed by atoms with Crippen LogP contribution in [0.1, 0.15) is 36.0 Å². The van der Waals surface area contributed by atoms with Crippen molar-refractivity contribution >= 4 is 10.9 Å². The van der Waals surface area contributed by atoms with Crippen LogP contribution >= 0.6 is 0 Å². The summed E-state index contributed by atoms with van der Waals surface area (Å²) in [6.07, 6.45) is 2.88. The van der Waals surface area contributed by atoms with Crippen LogP contribution < -0.4 is 4.74 Å². The van der Waals surface area contributed by atoms with Crippen molar-refractivity contribution in [2.75, 3.05) is 19.7 Å². The summed E-state index contributed by atoms with van der Waals surface area (Å²) in [5.41, 5.74) is 3.23. The Morgan fingerprint density at radius 3 is 2.67 bits per heavy atom. The second kappa shape index (κ2) is 8.72. The molecule has 5 nitrogen and oxygen atoms in total. The Bertz CT molecular complexity index is 1010. The van der Waals surface area contributed by atoms with Crippen LogP contribution in [0.4, 0.5) is 0 Å². The molecule has 2 N–H and O–H groups in total. The van der Waals surface area contributed by atoms with Gasteiger partial charge in [0, 0.05) is 36.7 Å². The maximum Gasteiger partial charge on any atom is 0.122 e. The number of ether oxygens (including phenoxy) is 1. The maximum absolute atomic E-state index is 11.2. The molecular weight excluding hydrogens is 376 g/mol. The first kappa shape index (κ1) is 20.8. The second-order valence-electron chi connectivity index (χ2n) is 8.30. The van der Waals surface area contributed by atoms with Gasteiger partial charge in [-0.05, 0) is 56.0 Å². The van der Waals surface area contributed by atoms with Gasteiger partial charge in [-0.3, -0.25) is 9.88 Å². The number of para-hydroxylation sites is 1. The highest BCUT2D eigenvalue weighted by molar-refractivity contribution is 5.78. The van der Waals surface area contributed by atoms with Crippen molar-refractivity contribution in [2.24, 2.45) is 0 Å². The minimum Gasteiger partial charge on any atom is -0.493 e. The van der Waals surface area contributed by atoms with Gasteiger partial charge in [-0.15, -0.1) is 0 Å². The van der Waals surface area contributed by atoms with Crippen LogP contribution in [0.2, 0.25) is 0 Å². The van der Waals surface area contributed by atoms with Gasteiger partial charge in [0.1, 0.15) is 12.0 Å². The average molecular weight is 407 g/mol. The molecule has 1 aliphatic rings. The van der Waals surface area contributed by atoms with Gasteiger partial charge in [-0.25, -0.2) is 0 Å². The van der Waals surface area contributed by atoms with Gasteiger partial charge >= 0.3 is 0 Å². The van der Waals surface area contributed by atoms with Crippen molar-refractivity contribution in [1.82, 2.24) is 9.88 Å². The predicted octanol–water partition coefficient (Wildman–Crippen LogP) is 3.92. The molecule has 1 fully saturated rings. The summed E-state index contributed by atoms with van der Waals surface area (Å²) in [6, 6.07) is 16.0. The quantitative estimate of drug-likeness (QED) is 0.650. The van der Waals surface area contributed by atoms with Crippen molar-refractivity contribution in [3.8, 4) is 5.75 Å². The molecule has 0 bridgehead atoms. The molecule has 5 heteroatoms. The van der Waals surface area contributed by atoms with E-state index in [1.807, 2.05) is 54.3 Å². The fourth-order valence-corrected chi connectivity index (χ4v) is 4.14. The highest BCUT2D eigenvalue weighted by Crippen LogP contribution is 2.34. The van der Waals surface area contributed by atoms with Gasteiger partial charge in [0.05, 0.1) is 17.7 Å². The molecule has 0 aliphatic carbocycles. The zero-order chi connectivity index (χ0) is 21.1. The van der Waals surface area contributed by atoms with E-state index >= 15 is 0 Å². The Hall–Kier alpha value is -2.47. The summed E-state index contributed by atoms with van der Waals surface area (Å²) in [7, 11) is 0. The second-order valence-corrected chi connectivity index (χ2v) is 8.30. The fourth-order valence-electron chi connectivity index (χ4n) is 4.14. The number of piperidine rings is 1. The lowest BCUT2D eigenvalue weighted by atomic mass is 9.84. The molecule has 0 saturated carbocycles. The van der Waals surface area contributed by atoms with E-state index in [2.05, 4.69) is 18.0 Å². The summed E-state index contributed by atoms with van der Waals surface area (Å²) in [5, 5.41) is 22.9. The van der Waals surface area contributed by atoms with Crippen molar-refractivity contribution < 1.29 is 14.9 Å². The minimum absolute atomic E-state index is 0.459. The summed E-state index contributed by atoms with van der Waals surface area (Å²) < 4.78 is 5.89. The normalized spacial score (nSPS) is 17.7. The van der Waals surface area contributed by atoms with E-state index in [1.165, 1.54) is 5.56 Å². The van der Waals surface area contributed by atoms with E-state index in [-0.39, 0.29) is 0 Å². The molecule has 0 radical (unpaired) electrons. The number of aliphatic hydroxyl groups is 2. The zero-order valence-electron chi connectivity index (χ0n) is 17.7. The molecular formula is C25H30N2O3. The first-order valence-corrected chi connectivity index (χ1v) is 10.6. The molecule has 1 unspecified atom stereocenters. The van der Waals surface area contributed by atoms with E-state index in [9.17, 15) is 10.2 Å². The third kappa shape index (κ3) is 4.33. The van der Waals surface area contributed by atoms with E-state index < -0.39 is 11.8 Å². The topological polar surface area (TPSA) is 65.8 Å². The standard InChI is InChI=1S/C25H30N2O3/c1-18-6-5-9-23(19(18)2)30-15-10-24(28)27-13-11-25(29,12-14-27)21-16-20-7-3-4-8-22(20)26-17-21/h3-9,16-17,24,28-29H,10-15H2,1-2H3. The van der Waals surface area contributed by atoms with Crippen molar-refractivity contribution in [1.29, 1.82) is 0 Å². The molecule has 0 spiro atoms. The Morgan fingerprint density at radius 2 is 1.87 bits per heavy atom. The number of fused-ring (bicyclic) bond motifs is 1. The molecule has 1 aliphatic heterocycles. The van der Waals surface area contributed by atoms with Crippen LogP contribution in [0.3, 0.4) is 0 Å². The van der Waals surface area contributed by atoms with Gasteiger partial charge in [-0.1, -0.05) is 30.3 Å².